The second-order valence-electron chi connectivity index (χ2n) is 2.49. The van der Waals surface area contributed by atoms with Crippen molar-refractivity contribution < 1.29 is 4.92 Å². The summed E-state index contributed by atoms with van der Waals surface area (Å²) < 4.78 is 0. The third-order valence-electron chi connectivity index (χ3n) is 1.55. The van der Waals surface area contributed by atoms with Crippen molar-refractivity contribution in [2.24, 2.45) is 5.73 Å². The van der Waals surface area contributed by atoms with Gasteiger partial charge in [0.15, 0.2) is 0 Å². The number of non-ortho nitro benzene ring substituents is 1. The molecule has 2 N–H and O–H groups in total. The van der Waals surface area contributed by atoms with E-state index in [-0.39, 0.29) is 5.69 Å². The van der Waals surface area contributed by atoms with Crippen LogP contribution in [0.3, 0.4) is 0 Å². The van der Waals surface area contributed by atoms with Gasteiger partial charge in [0.05, 0.1) is 4.92 Å². The molecule has 0 radical (unpaired) electrons. The van der Waals surface area contributed by atoms with E-state index in [1.165, 1.54) is 12.1 Å². The molecule has 0 aliphatic rings. The van der Waals surface area contributed by atoms with Crippen molar-refractivity contribution in [2.45, 2.75) is 0 Å². The molecule has 4 nitrogen and oxygen atoms in total. The highest BCUT2D eigenvalue weighted by Gasteiger charge is 2.01. The molecule has 0 amide bonds. The normalized spacial score (nSPS) is 10.5. The lowest BCUT2D eigenvalue weighted by Gasteiger charge is -1.92. The van der Waals surface area contributed by atoms with E-state index in [1.54, 1.807) is 18.2 Å². The van der Waals surface area contributed by atoms with Gasteiger partial charge in [-0.05, 0) is 17.7 Å². The zero-order chi connectivity index (χ0) is 9.68. The highest BCUT2D eigenvalue weighted by molar-refractivity contribution is 5.51. The summed E-state index contributed by atoms with van der Waals surface area (Å²) in [5.41, 5.74) is 6.27. The third-order valence-corrected chi connectivity index (χ3v) is 1.55. The van der Waals surface area contributed by atoms with Crippen molar-refractivity contribution in [1.82, 2.24) is 0 Å². The Hall–Kier alpha value is -1.68. The van der Waals surface area contributed by atoms with Crippen LogP contribution in [-0.4, -0.2) is 11.5 Å². The Morgan fingerprint density at radius 3 is 2.46 bits per heavy atom. The van der Waals surface area contributed by atoms with Crippen molar-refractivity contribution in [1.29, 1.82) is 0 Å². The van der Waals surface area contributed by atoms with Gasteiger partial charge in [-0.15, -0.1) is 0 Å². The van der Waals surface area contributed by atoms with E-state index in [0.29, 0.717) is 6.54 Å². The van der Waals surface area contributed by atoms with E-state index >= 15 is 0 Å². The van der Waals surface area contributed by atoms with Crippen LogP contribution in [0.25, 0.3) is 6.08 Å². The van der Waals surface area contributed by atoms with Crippen molar-refractivity contribution in [3.05, 3.63) is 46.0 Å². The molecular weight excluding hydrogens is 168 g/mol. The van der Waals surface area contributed by atoms with Crippen LogP contribution in [0.2, 0.25) is 0 Å². The maximum atomic E-state index is 10.3. The maximum absolute atomic E-state index is 10.3. The molecule has 4 heteroatoms. The molecule has 1 aromatic carbocycles. The first kappa shape index (κ1) is 9.41. The largest absolute Gasteiger partial charge is 0.327 e. The van der Waals surface area contributed by atoms with Gasteiger partial charge < -0.3 is 5.73 Å². The van der Waals surface area contributed by atoms with Crippen LogP contribution in [0.15, 0.2) is 30.3 Å². The predicted molar refractivity (Wildman–Crippen MR) is 51.2 cm³/mol. The van der Waals surface area contributed by atoms with E-state index in [9.17, 15) is 10.1 Å². The molecule has 0 saturated carbocycles. The summed E-state index contributed by atoms with van der Waals surface area (Å²) in [5, 5.41) is 10.3. The van der Waals surface area contributed by atoms with E-state index in [2.05, 4.69) is 0 Å². The number of nitro groups is 1. The smallest absolute Gasteiger partial charge is 0.269 e. The van der Waals surface area contributed by atoms with Gasteiger partial charge in [0, 0.05) is 18.7 Å². The van der Waals surface area contributed by atoms with Crippen LogP contribution in [0.1, 0.15) is 5.56 Å². The lowest BCUT2D eigenvalue weighted by atomic mass is 10.2. The number of nitrogens with two attached hydrogens (primary N) is 1. The average Bonchev–Trinajstić information content (AvgIpc) is 2.15. The number of benzene rings is 1. The second-order valence-corrected chi connectivity index (χ2v) is 2.49. The standard InChI is InChI=1S/C9H10N2O2/c10-7-1-2-8-3-5-9(6-4-8)11(12)13/h1-6H,7,10H2/b2-1+. The number of rotatable bonds is 3. The highest BCUT2D eigenvalue weighted by Crippen LogP contribution is 2.12. The summed E-state index contributed by atoms with van der Waals surface area (Å²) in [7, 11) is 0. The van der Waals surface area contributed by atoms with Gasteiger partial charge >= 0.3 is 0 Å². The van der Waals surface area contributed by atoms with Gasteiger partial charge in [-0.3, -0.25) is 10.1 Å². The molecule has 13 heavy (non-hydrogen) atoms. The molecule has 1 rings (SSSR count). The minimum Gasteiger partial charge on any atom is -0.327 e. The lowest BCUT2D eigenvalue weighted by molar-refractivity contribution is -0.384. The van der Waals surface area contributed by atoms with E-state index in [1.807, 2.05) is 6.08 Å². The van der Waals surface area contributed by atoms with Crippen LogP contribution in [0, 0.1) is 10.1 Å². The Bertz CT molecular complexity index is 317. The van der Waals surface area contributed by atoms with E-state index in [4.69, 9.17) is 5.73 Å². The van der Waals surface area contributed by atoms with Gasteiger partial charge in [-0.2, -0.15) is 0 Å². The molecule has 68 valence electrons. The molecule has 0 saturated heterocycles. The fraction of sp³-hybridized carbons (Fsp3) is 0.111. The van der Waals surface area contributed by atoms with Gasteiger partial charge in [0.1, 0.15) is 0 Å². The summed E-state index contributed by atoms with van der Waals surface area (Å²) in [6.07, 6.45) is 3.62. The summed E-state index contributed by atoms with van der Waals surface area (Å²) in [6, 6.07) is 6.31. The highest BCUT2D eigenvalue weighted by atomic mass is 16.6. The Kier molecular flexibility index (Phi) is 3.16. The van der Waals surface area contributed by atoms with Crippen LogP contribution >= 0.6 is 0 Å². The van der Waals surface area contributed by atoms with Crippen molar-refractivity contribution in [3.8, 4) is 0 Å². The predicted octanol–water partition coefficient (Wildman–Crippen LogP) is 1.57. The summed E-state index contributed by atoms with van der Waals surface area (Å²) in [4.78, 5) is 9.87. The van der Waals surface area contributed by atoms with Gasteiger partial charge in [-0.25, -0.2) is 0 Å². The number of nitro benzene ring substituents is 1. The Balaban J connectivity index is 2.81. The van der Waals surface area contributed by atoms with Gasteiger partial charge in [-0.1, -0.05) is 12.2 Å². The fourth-order valence-electron chi connectivity index (χ4n) is 0.911. The summed E-state index contributed by atoms with van der Waals surface area (Å²) in [5.74, 6) is 0. The Morgan fingerprint density at radius 2 is 2.00 bits per heavy atom. The van der Waals surface area contributed by atoms with Crippen molar-refractivity contribution in [3.63, 3.8) is 0 Å². The molecule has 0 aliphatic heterocycles. The number of nitrogens with zero attached hydrogens (tertiary/aromatic N) is 1. The summed E-state index contributed by atoms with van der Waals surface area (Å²) >= 11 is 0. The molecule has 1 aromatic rings. The Labute approximate surface area is 75.8 Å². The molecule has 0 aliphatic carbocycles. The maximum Gasteiger partial charge on any atom is 0.269 e. The first-order valence-electron chi connectivity index (χ1n) is 3.85. The van der Waals surface area contributed by atoms with Crippen LogP contribution < -0.4 is 5.73 Å². The van der Waals surface area contributed by atoms with Crippen molar-refractivity contribution in [2.75, 3.05) is 6.54 Å². The van der Waals surface area contributed by atoms with Crippen LogP contribution in [0.5, 0.6) is 0 Å². The lowest BCUT2D eigenvalue weighted by Crippen LogP contribution is -1.92. The molecule has 0 aromatic heterocycles. The second kappa shape index (κ2) is 4.37. The average molecular weight is 178 g/mol. The van der Waals surface area contributed by atoms with Crippen LogP contribution in [0.4, 0.5) is 5.69 Å². The molecule has 0 bridgehead atoms. The molecule has 0 unspecified atom stereocenters. The van der Waals surface area contributed by atoms with E-state index < -0.39 is 4.92 Å². The molecule has 0 atom stereocenters. The monoisotopic (exact) mass is 178 g/mol. The molecule has 0 heterocycles. The Morgan fingerprint density at radius 1 is 1.38 bits per heavy atom. The number of hydrogen-bond donors (Lipinski definition) is 1. The fourth-order valence-corrected chi connectivity index (χ4v) is 0.911. The van der Waals surface area contributed by atoms with Gasteiger partial charge in [0.25, 0.3) is 5.69 Å². The van der Waals surface area contributed by atoms with E-state index in [0.717, 1.165) is 5.56 Å². The molecule has 0 fully saturated rings. The van der Waals surface area contributed by atoms with Gasteiger partial charge in [0.2, 0.25) is 0 Å². The minimum absolute atomic E-state index is 0.102. The quantitative estimate of drug-likeness (QED) is 0.564. The van der Waals surface area contributed by atoms with Crippen LogP contribution in [-0.2, 0) is 0 Å². The topological polar surface area (TPSA) is 69.2 Å². The summed E-state index contributed by atoms with van der Waals surface area (Å²) in [6.45, 7) is 0.469. The first-order chi connectivity index (χ1) is 6.24. The minimum atomic E-state index is -0.420. The molecule has 0 spiro atoms. The SMILES string of the molecule is NC/C=C/c1ccc([N+](=O)[O-])cc1. The zero-order valence-electron chi connectivity index (χ0n) is 7.01. The third kappa shape index (κ3) is 2.68. The van der Waals surface area contributed by atoms with Crippen molar-refractivity contribution >= 4 is 11.8 Å². The zero-order valence-corrected chi connectivity index (χ0v) is 7.01. The first-order valence-corrected chi connectivity index (χ1v) is 3.85. The number of hydrogen-bond acceptors (Lipinski definition) is 3. The molecular formula is C9H10N2O2.